The average molecular weight is 210 g/mol. The van der Waals surface area contributed by atoms with Crippen LogP contribution in [-0.2, 0) is 4.74 Å². The highest BCUT2D eigenvalue weighted by molar-refractivity contribution is 4.81. The smallest absolute Gasteiger partial charge is 0.0571 e. The summed E-state index contributed by atoms with van der Waals surface area (Å²) in [5.74, 6) is 3.08. The summed E-state index contributed by atoms with van der Waals surface area (Å²) < 4.78 is 5.44. The third-order valence-corrected chi connectivity index (χ3v) is 4.78. The number of rotatable bonds is 2. The zero-order valence-corrected chi connectivity index (χ0v) is 10.4. The average Bonchev–Trinajstić information content (AvgIpc) is 2.30. The monoisotopic (exact) mass is 210 g/mol. The molecule has 0 bridgehead atoms. The molecule has 0 aromatic rings. The first-order valence-electron chi connectivity index (χ1n) is 6.82. The van der Waals surface area contributed by atoms with Gasteiger partial charge in [-0.25, -0.2) is 0 Å². The number of ether oxygens (including phenoxy) is 1. The van der Waals surface area contributed by atoms with Gasteiger partial charge in [0.2, 0.25) is 0 Å². The Morgan fingerprint density at radius 1 is 0.733 bits per heavy atom. The lowest BCUT2D eigenvalue weighted by Gasteiger charge is -2.36. The highest BCUT2D eigenvalue weighted by atomic mass is 16.5. The van der Waals surface area contributed by atoms with Crippen molar-refractivity contribution in [2.75, 3.05) is 7.11 Å². The largest absolute Gasteiger partial charge is 0.381 e. The Bertz CT molecular complexity index is 174. The molecule has 2 fully saturated rings. The molecule has 0 aliphatic heterocycles. The van der Waals surface area contributed by atoms with E-state index < -0.39 is 0 Å². The quantitative estimate of drug-likeness (QED) is 0.669. The predicted molar refractivity (Wildman–Crippen MR) is 63.9 cm³/mol. The van der Waals surface area contributed by atoms with E-state index in [1.807, 2.05) is 7.11 Å². The first-order chi connectivity index (χ1) is 7.29. The Balaban J connectivity index is 1.75. The molecule has 1 nitrogen and oxygen atoms in total. The van der Waals surface area contributed by atoms with Crippen LogP contribution in [0.1, 0.15) is 58.3 Å². The van der Waals surface area contributed by atoms with Crippen LogP contribution in [0.15, 0.2) is 0 Å². The molecule has 0 aromatic heterocycles. The molecule has 88 valence electrons. The van der Waals surface area contributed by atoms with Crippen LogP contribution >= 0.6 is 0 Å². The molecule has 2 rings (SSSR count). The van der Waals surface area contributed by atoms with Crippen LogP contribution < -0.4 is 0 Å². The van der Waals surface area contributed by atoms with Gasteiger partial charge in [0.1, 0.15) is 0 Å². The molecule has 0 heterocycles. The van der Waals surface area contributed by atoms with E-state index in [1.54, 1.807) is 0 Å². The minimum absolute atomic E-state index is 0.573. The molecule has 2 saturated carbocycles. The van der Waals surface area contributed by atoms with Gasteiger partial charge in [0.25, 0.3) is 0 Å². The number of methoxy groups -OCH3 is 1. The predicted octanol–water partition coefficient (Wildman–Crippen LogP) is 4.02. The second-order valence-corrected chi connectivity index (χ2v) is 5.79. The van der Waals surface area contributed by atoms with Gasteiger partial charge in [-0.2, -0.15) is 0 Å². The van der Waals surface area contributed by atoms with E-state index in [0.29, 0.717) is 6.10 Å². The number of hydrogen-bond acceptors (Lipinski definition) is 1. The first-order valence-corrected chi connectivity index (χ1v) is 6.82. The minimum atomic E-state index is 0.573. The number of hydrogen-bond donors (Lipinski definition) is 0. The van der Waals surface area contributed by atoms with Crippen molar-refractivity contribution in [1.29, 1.82) is 0 Å². The van der Waals surface area contributed by atoms with Gasteiger partial charge in [-0.3, -0.25) is 0 Å². The lowest BCUT2D eigenvalue weighted by atomic mass is 9.71. The molecule has 0 aromatic carbocycles. The summed E-state index contributed by atoms with van der Waals surface area (Å²) in [6, 6.07) is 0. The van der Waals surface area contributed by atoms with Gasteiger partial charge >= 0.3 is 0 Å². The standard InChI is InChI=1S/C14H26O/c1-11-3-5-12(6-4-11)13-7-9-14(15-2)10-8-13/h11-14H,3-10H2,1-2H3/t11-,12-,13-,14-. The van der Waals surface area contributed by atoms with Crippen molar-refractivity contribution in [2.24, 2.45) is 17.8 Å². The lowest BCUT2D eigenvalue weighted by molar-refractivity contribution is 0.0399. The fourth-order valence-electron chi connectivity index (χ4n) is 3.55. The van der Waals surface area contributed by atoms with Crippen LogP contribution in [0.25, 0.3) is 0 Å². The van der Waals surface area contributed by atoms with Crippen molar-refractivity contribution in [3.05, 3.63) is 0 Å². The summed E-state index contributed by atoms with van der Waals surface area (Å²) in [5, 5.41) is 0. The van der Waals surface area contributed by atoms with Gasteiger partial charge in [-0.15, -0.1) is 0 Å². The summed E-state index contributed by atoms with van der Waals surface area (Å²) >= 11 is 0. The Kier molecular flexibility index (Phi) is 4.07. The van der Waals surface area contributed by atoms with E-state index in [1.165, 1.54) is 51.4 Å². The molecule has 0 atom stereocenters. The summed E-state index contributed by atoms with van der Waals surface area (Å²) in [7, 11) is 1.87. The maximum atomic E-state index is 5.44. The van der Waals surface area contributed by atoms with Gasteiger partial charge < -0.3 is 4.74 Å². The molecule has 0 amide bonds. The molecular formula is C14H26O. The fourth-order valence-corrected chi connectivity index (χ4v) is 3.55. The van der Waals surface area contributed by atoms with Crippen LogP contribution in [-0.4, -0.2) is 13.2 Å². The van der Waals surface area contributed by atoms with E-state index >= 15 is 0 Å². The zero-order chi connectivity index (χ0) is 10.7. The van der Waals surface area contributed by atoms with Crippen molar-refractivity contribution < 1.29 is 4.74 Å². The van der Waals surface area contributed by atoms with Crippen molar-refractivity contribution in [3.8, 4) is 0 Å². The van der Waals surface area contributed by atoms with Gasteiger partial charge in [-0.1, -0.05) is 19.8 Å². The van der Waals surface area contributed by atoms with E-state index in [9.17, 15) is 0 Å². The Morgan fingerprint density at radius 3 is 1.67 bits per heavy atom. The Morgan fingerprint density at radius 2 is 1.20 bits per heavy atom. The second kappa shape index (κ2) is 5.34. The van der Waals surface area contributed by atoms with Crippen LogP contribution in [0.3, 0.4) is 0 Å². The summed E-state index contributed by atoms with van der Waals surface area (Å²) in [5.41, 5.74) is 0. The lowest BCUT2D eigenvalue weighted by Crippen LogP contribution is -2.27. The SMILES string of the molecule is CO[C@H]1CC[C@H]([C@H]2CC[C@H](C)CC2)CC1. The molecule has 2 aliphatic rings. The Hall–Kier alpha value is -0.0400. The molecule has 2 aliphatic carbocycles. The van der Waals surface area contributed by atoms with Gasteiger partial charge in [0.15, 0.2) is 0 Å². The molecule has 0 radical (unpaired) electrons. The molecule has 1 heteroatoms. The molecule has 0 saturated heterocycles. The van der Waals surface area contributed by atoms with Crippen LogP contribution in [0.5, 0.6) is 0 Å². The van der Waals surface area contributed by atoms with Crippen molar-refractivity contribution >= 4 is 0 Å². The van der Waals surface area contributed by atoms with E-state index in [4.69, 9.17) is 4.74 Å². The van der Waals surface area contributed by atoms with Crippen molar-refractivity contribution in [2.45, 2.75) is 64.4 Å². The summed E-state index contributed by atoms with van der Waals surface area (Å²) in [4.78, 5) is 0. The van der Waals surface area contributed by atoms with E-state index in [0.717, 1.165) is 17.8 Å². The highest BCUT2D eigenvalue weighted by Crippen LogP contribution is 2.40. The second-order valence-electron chi connectivity index (χ2n) is 5.79. The first kappa shape index (κ1) is 11.4. The molecule has 0 spiro atoms. The van der Waals surface area contributed by atoms with E-state index in [-0.39, 0.29) is 0 Å². The Labute approximate surface area is 94.6 Å². The van der Waals surface area contributed by atoms with E-state index in [2.05, 4.69) is 6.92 Å². The molecule has 15 heavy (non-hydrogen) atoms. The van der Waals surface area contributed by atoms with Crippen LogP contribution in [0, 0.1) is 17.8 Å². The molecular weight excluding hydrogens is 184 g/mol. The third-order valence-electron chi connectivity index (χ3n) is 4.78. The maximum absolute atomic E-state index is 5.44. The highest BCUT2D eigenvalue weighted by Gasteiger charge is 2.29. The fraction of sp³-hybridized carbons (Fsp3) is 1.00. The van der Waals surface area contributed by atoms with Crippen molar-refractivity contribution in [3.63, 3.8) is 0 Å². The summed E-state index contributed by atoms with van der Waals surface area (Å²) in [6.07, 6.45) is 12.0. The van der Waals surface area contributed by atoms with Gasteiger partial charge in [0.05, 0.1) is 6.10 Å². The zero-order valence-electron chi connectivity index (χ0n) is 10.4. The molecule has 0 unspecified atom stereocenters. The van der Waals surface area contributed by atoms with Gasteiger partial charge in [-0.05, 0) is 56.3 Å². The van der Waals surface area contributed by atoms with Crippen LogP contribution in [0.2, 0.25) is 0 Å². The maximum Gasteiger partial charge on any atom is 0.0571 e. The topological polar surface area (TPSA) is 9.23 Å². The van der Waals surface area contributed by atoms with Crippen LogP contribution in [0.4, 0.5) is 0 Å². The molecule has 0 N–H and O–H groups in total. The third kappa shape index (κ3) is 2.96. The van der Waals surface area contributed by atoms with Crippen molar-refractivity contribution in [1.82, 2.24) is 0 Å². The normalized spacial score (nSPS) is 42.8. The van der Waals surface area contributed by atoms with Gasteiger partial charge in [0, 0.05) is 7.11 Å². The summed E-state index contributed by atoms with van der Waals surface area (Å²) in [6.45, 7) is 2.41. The minimum Gasteiger partial charge on any atom is -0.381 e.